The fourth-order valence-corrected chi connectivity index (χ4v) is 5.45. The zero-order valence-corrected chi connectivity index (χ0v) is 15.5. The van der Waals surface area contributed by atoms with E-state index in [1.54, 1.807) is 0 Å². The molecule has 1 aliphatic carbocycles. The van der Waals surface area contributed by atoms with Crippen molar-refractivity contribution in [2.24, 2.45) is 0 Å². The van der Waals surface area contributed by atoms with Gasteiger partial charge in [-0.2, -0.15) is 0 Å². The summed E-state index contributed by atoms with van der Waals surface area (Å²) in [6, 6.07) is 1.14. The first kappa shape index (κ1) is 18.0. The highest BCUT2D eigenvalue weighted by molar-refractivity contribution is 5.79. The molecular weight excluding hydrogens is 334 g/mol. The minimum atomic E-state index is -0.796. The molecule has 4 aliphatic rings. The highest BCUT2D eigenvalue weighted by atomic mass is 16.5. The molecule has 0 aromatic heterocycles. The Morgan fingerprint density at radius 2 is 1.58 bits per heavy atom. The number of rotatable bonds is 2. The van der Waals surface area contributed by atoms with Crippen molar-refractivity contribution in [3.05, 3.63) is 0 Å². The standard InChI is InChI=1S/C19H31N3O4/c23-18-13-26-17-4-2-1-3-16(17)22(18)15-7-9-20(10-8-15)14-5-11-21(12-6-14)19(24)25/h14-17H,1-13H2,(H,24,25)/t16-,17-/m1/s1. The molecule has 0 spiro atoms. The molecule has 3 saturated heterocycles. The Morgan fingerprint density at radius 3 is 2.27 bits per heavy atom. The van der Waals surface area contributed by atoms with E-state index in [2.05, 4.69) is 9.80 Å². The second kappa shape index (κ2) is 7.72. The van der Waals surface area contributed by atoms with Gasteiger partial charge in [-0.25, -0.2) is 4.79 Å². The molecule has 0 bridgehead atoms. The number of nitrogens with zero attached hydrogens (tertiary/aromatic N) is 3. The first-order chi connectivity index (χ1) is 12.6. The Hall–Kier alpha value is -1.34. The van der Waals surface area contributed by atoms with Crippen molar-refractivity contribution in [1.82, 2.24) is 14.7 Å². The molecule has 2 amide bonds. The van der Waals surface area contributed by atoms with Crippen LogP contribution in [0, 0.1) is 0 Å². The molecule has 4 rings (SSSR count). The Labute approximate surface area is 155 Å². The van der Waals surface area contributed by atoms with Gasteiger partial charge in [-0.3, -0.25) is 4.79 Å². The van der Waals surface area contributed by atoms with Gasteiger partial charge in [-0.1, -0.05) is 12.8 Å². The summed E-state index contributed by atoms with van der Waals surface area (Å²) in [5.74, 6) is 0.182. The van der Waals surface area contributed by atoms with Crippen LogP contribution in [-0.2, 0) is 9.53 Å². The molecule has 7 heteroatoms. The second-order valence-electron chi connectivity index (χ2n) is 8.27. The lowest BCUT2D eigenvalue weighted by Gasteiger charge is -2.50. The van der Waals surface area contributed by atoms with Crippen molar-refractivity contribution in [3.8, 4) is 0 Å². The molecule has 1 N–H and O–H groups in total. The van der Waals surface area contributed by atoms with Crippen molar-refractivity contribution in [1.29, 1.82) is 0 Å². The number of fused-ring (bicyclic) bond motifs is 1. The fourth-order valence-electron chi connectivity index (χ4n) is 5.45. The first-order valence-corrected chi connectivity index (χ1v) is 10.3. The summed E-state index contributed by atoms with van der Waals surface area (Å²) in [4.78, 5) is 29.9. The lowest BCUT2D eigenvalue weighted by molar-refractivity contribution is -0.167. The van der Waals surface area contributed by atoms with E-state index >= 15 is 0 Å². The average molecular weight is 365 g/mol. The summed E-state index contributed by atoms with van der Waals surface area (Å²) in [6.45, 7) is 3.58. The first-order valence-electron chi connectivity index (χ1n) is 10.3. The quantitative estimate of drug-likeness (QED) is 0.807. The maximum Gasteiger partial charge on any atom is 0.407 e. The maximum atomic E-state index is 12.6. The number of morpholine rings is 1. The van der Waals surface area contributed by atoms with Crippen molar-refractivity contribution < 1.29 is 19.4 Å². The number of likely N-dealkylation sites (tertiary alicyclic amines) is 2. The van der Waals surface area contributed by atoms with Crippen molar-refractivity contribution in [3.63, 3.8) is 0 Å². The van der Waals surface area contributed by atoms with Crippen molar-refractivity contribution >= 4 is 12.0 Å². The highest BCUT2D eigenvalue weighted by Gasteiger charge is 2.42. The van der Waals surface area contributed by atoms with E-state index in [0.717, 1.165) is 51.6 Å². The van der Waals surface area contributed by atoms with Crippen LogP contribution < -0.4 is 0 Å². The lowest BCUT2D eigenvalue weighted by Crippen LogP contribution is -2.61. The van der Waals surface area contributed by atoms with Crippen LogP contribution >= 0.6 is 0 Å². The van der Waals surface area contributed by atoms with Crippen LogP contribution in [0.15, 0.2) is 0 Å². The van der Waals surface area contributed by atoms with Gasteiger partial charge in [0.1, 0.15) is 6.61 Å². The van der Waals surface area contributed by atoms with Gasteiger partial charge in [0, 0.05) is 38.3 Å². The molecule has 26 heavy (non-hydrogen) atoms. The summed E-state index contributed by atoms with van der Waals surface area (Å²) in [6.07, 6.45) is 7.99. The normalized spacial score (nSPS) is 32.5. The predicted octanol–water partition coefficient (Wildman–Crippen LogP) is 1.76. The summed E-state index contributed by atoms with van der Waals surface area (Å²) < 4.78 is 5.81. The molecule has 4 fully saturated rings. The fraction of sp³-hybridized carbons (Fsp3) is 0.895. The second-order valence-corrected chi connectivity index (χ2v) is 8.27. The number of carbonyl (C=O) groups excluding carboxylic acids is 1. The van der Waals surface area contributed by atoms with E-state index in [1.165, 1.54) is 17.7 Å². The monoisotopic (exact) mass is 365 g/mol. The molecule has 1 saturated carbocycles. The van der Waals surface area contributed by atoms with Gasteiger partial charge in [0.15, 0.2) is 0 Å². The van der Waals surface area contributed by atoms with Crippen molar-refractivity contribution in [2.75, 3.05) is 32.8 Å². The van der Waals surface area contributed by atoms with E-state index in [4.69, 9.17) is 9.84 Å². The third kappa shape index (κ3) is 3.56. The van der Waals surface area contributed by atoms with E-state index in [-0.39, 0.29) is 18.6 Å². The van der Waals surface area contributed by atoms with Gasteiger partial charge in [-0.15, -0.1) is 0 Å². The molecule has 2 atom stereocenters. The molecule has 0 aromatic carbocycles. The van der Waals surface area contributed by atoms with Crippen LogP contribution in [-0.4, -0.2) is 88.8 Å². The zero-order valence-electron chi connectivity index (χ0n) is 15.5. The highest BCUT2D eigenvalue weighted by Crippen LogP contribution is 2.33. The van der Waals surface area contributed by atoms with Gasteiger partial charge in [0.25, 0.3) is 0 Å². The number of carbonyl (C=O) groups is 2. The number of ether oxygens (including phenoxy) is 1. The Kier molecular flexibility index (Phi) is 5.36. The van der Waals surface area contributed by atoms with Crippen LogP contribution in [0.2, 0.25) is 0 Å². The van der Waals surface area contributed by atoms with E-state index < -0.39 is 6.09 Å². The van der Waals surface area contributed by atoms with Gasteiger partial charge in [0.2, 0.25) is 5.91 Å². The van der Waals surface area contributed by atoms with Gasteiger partial charge in [0.05, 0.1) is 12.1 Å². The van der Waals surface area contributed by atoms with Crippen molar-refractivity contribution in [2.45, 2.75) is 75.6 Å². The van der Waals surface area contributed by atoms with E-state index in [0.29, 0.717) is 31.2 Å². The topological polar surface area (TPSA) is 73.3 Å². The summed E-state index contributed by atoms with van der Waals surface area (Å²) >= 11 is 0. The smallest absolute Gasteiger partial charge is 0.407 e. The van der Waals surface area contributed by atoms with E-state index in [9.17, 15) is 9.59 Å². The third-order valence-electron chi connectivity index (χ3n) is 6.88. The SMILES string of the molecule is O=C(O)N1CCC(N2CCC(N3C(=O)CO[C@@H]4CCCC[C@H]43)CC2)CC1. The molecule has 0 aromatic rings. The molecule has 0 unspecified atom stereocenters. The predicted molar refractivity (Wildman–Crippen MR) is 96.1 cm³/mol. The van der Waals surface area contributed by atoms with Gasteiger partial charge >= 0.3 is 6.09 Å². The van der Waals surface area contributed by atoms with Crippen LogP contribution in [0.4, 0.5) is 4.79 Å². The summed E-state index contributed by atoms with van der Waals surface area (Å²) in [7, 11) is 0. The number of piperidine rings is 2. The average Bonchev–Trinajstić information content (AvgIpc) is 2.68. The Morgan fingerprint density at radius 1 is 0.923 bits per heavy atom. The number of amides is 2. The zero-order chi connectivity index (χ0) is 18.1. The number of carboxylic acid groups (broad SMARTS) is 1. The van der Waals surface area contributed by atoms with Crippen LogP contribution in [0.1, 0.15) is 51.4 Å². The number of hydrogen-bond acceptors (Lipinski definition) is 4. The largest absolute Gasteiger partial charge is 0.465 e. The molecule has 3 aliphatic heterocycles. The molecule has 0 radical (unpaired) electrons. The summed E-state index contributed by atoms with van der Waals surface area (Å²) in [5, 5.41) is 9.10. The molecule has 7 nitrogen and oxygen atoms in total. The van der Waals surface area contributed by atoms with E-state index in [1.807, 2.05) is 0 Å². The summed E-state index contributed by atoms with van der Waals surface area (Å²) in [5.41, 5.74) is 0. The van der Waals surface area contributed by atoms with Crippen LogP contribution in [0.3, 0.4) is 0 Å². The van der Waals surface area contributed by atoms with Crippen LogP contribution in [0.25, 0.3) is 0 Å². The molecule has 3 heterocycles. The van der Waals surface area contributed by atoms with Crippen LogP contribution in [0.5, 0.6) is 0 Å². The number of hydrogen-bond donors (Lipinski definition) is 1. The Balaban J connectivity index is 1.32. The maximum absolute atomic E-state index is 12.6. The third-order valence-corrected chi connectivity index (χ3v) is 6.88. The lowest BCUT2D eigenvalue weighted by atomic mass is 9.87. The molecular formula is C19H31N3O4. The minimum absolute atomic E-state index is 0.182. The Bertz CT molecular complexity index is 527. The van der Waals surface area contributed by atoms with Gasteiger partial charge in [-0.05, 0) is 38.5 Å². The minimum Gasteiger partial charge on any atom is -0.465 e. The molecule has 146 valence electrons. The van der Waals surface area contributed by atoms with Gasteiger partial charge < -0.3 is 24.5 Å².